The number of nitrogens with one attached hydrogen (secondary N) is 1. The molecule has 0 bridgehead atoms. The zero-order valence-corrected chi connectivity index (χ0v) is 9.97. The Kier molecular flexibility index (Phi) is 1.97. The predicted molar refractivity (Wildman–Crippen MR) is 71.9 cm³/mol. The van der Waals surface area contributed by atoms with Crippen LogP contribution in [0.15, 0.2) is 53.5 Å². The van der Waals surface area contributed by atoms with Crippen LogP contribution < -0.4 is 10.6 Å². The van der Waals surface area contributed by atoms with Gasteiger partial charge in [-0.3, -0.25) is 4.79 Å². The summed E-state index contributed by atoms with van der Waals surface area (Å²) >= 11 is 0. The topological polar surface area (TPSA) is 45.2 Å². The van der Waals surface area contributed by atoms with E-state index < -0.39 is 0 Å². The molecule has 1 aliphatic heterocycles. The lowest BCUT2D eigenvalue weighted by molar-refractivity contribution is -0.112. The van der Waals surface area contributed by atoms with Crippen LogP contribution in [0.1, 0.15) is 5.69 Å². The molecular formula is C16H9N2O. The Morgan fingerprint density at radius 2 is 1.79 bits per heavy atom. The first-order valence-electron chi connectivity index (χ1n) is 6.06. The number of amides is 1. The van der Waals surface area contributed by atoms with Gasteiger partial charge >= 0.3 is 0 Å². The molecule has 1 aromatic heterocycles. The summed E-state index contributed by atoms with van der Waals surface area (Å²) in [5.41, 5.74) is 2.29. The summed E-state index contributed by atoms with van der Waals surface area (Å²) in [6.45, 7) is 0. The number of carbonyl (C=O) groups is 1. The minimum atomic E-state index is -0.205. The largest absolute Gasteiger partial charge is 0.354 e. The van der Waals surface area contributed by atoms with Crippen molar-refractivity contribution in [1.82, 2.24) is 4.98 Å². The summed E-state index contributed by atoms with van der Waals surface area (Å²) in [5, 5.41) is 2.58. The molecule has 2 aromatic carbocycles. The molecule has 4 rings (SSSR count). The molecule has 3 heteroatoms. The standard InChI is InChI=1S/C16H9N2O/c19-16-15(11-6-2-4-8-13(11)18-16)14-9-10-5-1-3-7-12(10)17-14/h1-8,17H. The van der Waals surface area contributed by atoms with Crippen molar-refractivity contribution in [2.75, 3.05) is 0 Å². The number of para-hydroxylation sites is 2. The van der Waals surface area contributed by atoms with Crippen molar-refractivity contribution in [3.63, 3.8) is 0 Å². The second-order valence-electron chi connectivity index (χ2n) is 4.48. The molecule has 89 valence electrons. The first kappa shape index (κ1) is 10.3. The van der Waals surface area contributed by atoms with Crippen molar-refractivity contribution >= 4 is 22.4 Å². The average molecular weight is 245 g/mol. The highest BCUT2D eigenvalue weighted by Crippen LogP contribution is 2.19. The Bertz CT molecular complexity index is 902. The zero-order valence-electron chi connectivity index (χ0n) is 9.97. The Morgan fingerprint density at radius 1 is 1.00 bits per heavy atom. The summed E-state index contributed by atoms with van der Waals surface area (Å²) < 4.78 is 0. The van der Waals surface area contributed by atoms with E-state index in [0.29, 0.717) is 11.3 Å². The lowest BCUT2D eigenvalue weighted by atomic mass is 10.1. The number of rotatable bonds is 1. The molecule has 0 saturated heterocycles. The molecule has 2 heterocycles. The number of H-pyrrole nitrogens is 1. The molecule has 1 N–H and O–H groups in total. The van der Waals surface area contributed by atoms with Crippen LogP contribution in [-0.4, -0.2) is 10.9 Å². The van der Waals surface area contributed by atoms with E-state index in [2.05, 4.69) is 16.0 Å². The van der Waals surface area contributed by atoms with E-state index in [9.17, 15) is 4.79 Å². The first-order valence-corrected chi connectivity index (χ1v) is 6.06. The summed E-state index contributed by atoms with van der Waals surface area (Å²) in [7, 11) is 0. The van der Waals surface area contributed by atoms with Crippen LogP contribution in [0.4, 0.5) is 0 Å². The fraction of sp³-hybridized carbons (Fsp3) is 0. The van der Waals surface area contributed by atoms with Crippen molar-refractivity contribution < 1.29 is 4.79 Å². The van der Waals surface area contributed by atoms with Crippen molar-refractivity contribution in [2.24, 2.45) is 4.99 Å². The maximum absolute atomic E-state index is 12.1. The maximum Gasteiger partial charge on any atom is 0.280 e. The third-order valence-corrected chi connectivity index (χ3v) is 3.31. The summed E-state index contributed by atoms with van der Waals surface area (Å²) in [6.07, 6.45) is 0. The third-order valence-electron chi connectivity index (χ3n) is 3.31. The van der Waals surface area contributed by atoms with Crippen LogP contribution in [0.25, 0.3) is 16.5 Å². The van der Waals surface area contributed by atoms with Gasteiger partial charge in [-0.25, -0.2) is 4.99 Å². The normalized spacial score (nSPS) is 13.7. The van der Waals surface area contributed by atoms with E-state index in [-0.39, 0.29) is 5.91 Å². The van der Waals surface area contributed by atoms with Crippen LogP contribution in [0, 0.1) is 6.07 Å². The highest BCUT2D eigenvalue weighted by Gasteiger charge is 2.19. The summed E-state index contributed by atoms with van der Waals surface area (Å²) in [4.78, 5) is 19.4. The summed E-state index contributed by atoms with van der Waals surface area (Å²) in [5.74, 6) is -0.205. The zero-order chi connectivity index (χ0) is 12.8. The van der Waals surface area contributed by atoms with Crippen molar-refractivity contribution in [3.05, 3.63) is 70.9 Å². The molecule has 3 nitrogen and oxygen atoms in total. The lowest BCUT2D eigenvalue weighted by Crippen LogP contribution is -2.22. The molecule has 0 saturated carbocycles. The van der Waals surface area contributed by atoms with E-state index in [1.54, 1.807) is 0 Å². The molecular weight excluding hydrogens is 236 g/mol. The average Bonchev–Trinajstić information content (AvgIpc) is 2.97. The smallest absolute Gasteiger partial charge is 0.280 e. The van der Waals surface area contributed by atoms with E-state index >= 15 is 0 Å². The number of hydrogen-bond donors (Lipinski definition) is 1. The Balaban J connectivity index is 2.08. The van der Waals surface area contributed by atoms with Gasteiger partial charge in [0.2, 0.25) is 0 Å². The number of benzene rings is 2. The third kappa shape index (κ3) is 1.45. The number of aromatic nitrogens is 1. The number of aromatic amines is 1. The second kappa shape index (κ2) is 3.65. The van der Waals surface area contributed by atoms with Gasteiger partial charge in [-0.15, -0.1) is 0 Å². The van der Waals surface area contributed by atoms with Gasteiger partial charge in [-0.2, -0.15) is 0 Å². The molecule has 0 aliphatic carbocycles. The van der Waals surface area contributed by atoms with Crippen LogP contribution in [-0.2, 0) is 4.79 Å². The van der Waals surface area contributed by atoms with E-state index in [4.69, 9.17) is 0 Å². The number of hydrogen-bond acceptors (Lipinski definition) is 1. The fourth-order valence-corrected chi connectivity index (χ4v) is 2.43. The molecule has 0 atom stereocenters. The highest BCUT2D eigenvalue weighted by atomic mass is 16.1. The minimum Gasteiger partial charge on any atom is -0.354 e. The Labute approximate surface area is 108 Å². The van der Waals surface area contributed by atoms with E-state index in [0.717, 1.165) is 21.5 Å². The molecule has 0 spiro atoms. The monoisotopic (exact) mass is 245 g/mol. The Hall–Kier alpha value is -2.68. The number of fused-ring (bicyclic) bond motifs is 2. The van der Waals surface area contributed by atoms with Crippen LogP contribution in [0.5, 0.6) is 0 Å². The molecule has 0 fully saturated rings. The van der Waals surface area contributed by atoms with Gasteiger partial charge in [0.05, 0.1) is 16.6 Å². The van der Waals surface area contributed by atoms with E-state index in [1.165, 1.54) is 0 Å². The van der Waals surface area contributed by atoms with Gasteiger partial charge in [0.15, 0.2) is 0 Å². The molecule has 3 aromatic rings. The number of carbonyl (C=O) groups excluding carboxylic acids is 1. The van der Waals surface area contributed by atoms with Gasteiger partial charge < -0.3 is 4.98 Å². The van der Waals surface area contributed by atoms with Crippen LogP contribution >= 0.6 is 0 Å². The molecule has 0 unspecified atom stereocenters. The second-order valence-corrected chi connectivity index (χ2v) is 4.48. The van der Waals surface area contributed by atoms with Crippen LogP contribution in [0.2, 0.25) is 0 Å². The highest BCUT2D eigenvalue weighted by molar-refractivity contribution is 6.20. The van der Waals surface area contributed by atoms with Gasteiger partial charge in [-0.1, -0.05) is 36.4 Å². The maximum atomic E-state index is 12.1. The van der Waals surface area contributed by atoms with E-state index in [1.807, 2.05) is 48.5 Å². The van der Waals surface area contributed by atoms with Gasteiger partial charge in [-0.05, 0) is 12.1 Å². The van der Waals surface area contributed by atoms with Gasteiger partial charge in [0.1, 0.15) is 0 Å². The predicted octanol–water partition coefficient (Wildman–Crippen LogP) is 1.33. The first-order chi connectivity index (χ1) is 9.33. The van der Waals surface area contributed by atoms with Crippen molar-refractivity contribution in [1.29, 1.82) is 0 Å². The molecule has 19 heavy (non-hydrogen) atoms. The van der Waals surface area contributed by atoms with Gasteiger partial charge in [0.25, 0.3) is 5.91 Å². The van der Waals surface area contributed by atoms with Gasteiger partial charge in [0, 0.05) is 22.2 Å². The lowest BCUT2D eigenvalue weighted by Gasteiger charge is -1.94. The van der Waals surface area contributed by atoms with Crippen molar-refractivity contribution in [2.45, 2.75) is 0 Å². The minimum absolute atomic E-state index is 0.205. The summed E-state index contributed by atoms with van der Waals surface area (Å²) in [6, 6.07) is 18.6. The quantitative estimate of drug-likeness (QED) is 0.690. The molecule has 1 aliphatic rings. The Morgan fingerprint density at radius 3 is 2.68 bits per heavy atom. The fourth-order valence-electron chi connectivity index (χ4n) is 2.43. The molecule has 1 radical (unpaired) electrons. The van der Waals surface area contributed by atoms with Crippen LogP contribution in [0.3, 0.4) is 0 Å². The van der Waals surface area contributed by atoms with Crippen molar-refractivity contribution in [3.8, 4) is 0 Å². The molecule has 1 amide bonds. The number of nitrogens with zero attached hydrogens (tertiary/aromatic N) is 1. The SMILES string of the molecule is O=C1N=c2ccccc2=C1c1[c]c2ccccc2[nH]1.